The summed E-state index contributed by atoms with van der Waals surface area (Å²) in [6.07, 6.45) is 4.65. The molecule has 0 fully saturated rings. The molecule has 8 nitrogen and oxygen atoms in total. The number of hydrogen-bond acceptors (Lipinski definition) is 7. The summed E-state index contributed by atoms with van der Waals surface area (Å²) < 4.78 is 11.5. The number of ether oxygens (including phenoxy) is 1. The SMILES string of the molecule is Cc1c(C(=O)OCc2cnoc2)nnn1-c1ccc2ncccc2c1. The molecule has 1 aromatic carbocycles. The summed E-state index contributed by atoms with van der Waals surface area (Å²) in [6, 6.07) is 9.55. The number of nitrogens with zero attached hydrogens (tertiary/aromatic N) is 5. The van der Waals surface area contributed by atoms with Crippen LogP contribution in [0, 0.1) is 6.92 Å². The molecule has 0 saturated carbocycles. The number of carbonyl (C=O) groups excluding carboxylic acids is 1. The van der Waals surface area contributed by atoms with Crippen molar-refractivity contribution in [3.63, 3.8) is 0 Å². The summed E-state index contributed by atoms with van der Waals surface area (Å²) in [6.45, 7) is 1.83. The van der Waals surface area contributed by atoms with Crippen LogP contribution in [-0.2, 0) is 11.3 Å². The van der Waals surface area contributed by atoms with Crippen LogP contribution in [0.15, 0.2) is 53.5 Å². The maximum atomic E-state index is 12.2. The van der Waals surface area contributed by atoms with E-state index in [9.17, 15) is 4.79 Å². The molecule has 25 heavy (non-hydrogen) atoms. The van der Waals surface area contributed by atoms with Gasteiger partial charge in [-0.3, -0.25) is 4.98 Å². The standard InChI is InChI=1S/C17H13N5O3/c1-11-16(17(23)24-9-12-8-19-25-10-12)20-21-22(11)14-4-5-15-13(7-14)3-2-6-18-15/h2-8,10H,9H2,1H3. The maximum absolute atomic E-state index is 12.2. The van der Waals surface area contributed by atoms with Gasteiger partial charge in [-0.25, -0.2) is 9.48 Å². The van der Waals surface area contributed by atoms with Gasteiger partial charge in [-0.1, -0.05) is 16.4 Å². The Morgan fingerprint density at radius 1 is 1.32 bits per heavy atom. The first kappa shape index (κ1) is 15.0. The maximum Gasteiger partial charge on any atom is 0.361 e. The van der Waals surface area contributed by atoms with Crippen LogP contribution in [0.1, 0.15) is 21.7 Å². The van der Waals surface area contributed by atoms with E-state index in [0.717, 1.165) is 16.6 Å². The minimum atomic E-state index is -0.549. The Morgan fingerprint density at radius 3 is 3.08 bits per heavy atom. The van der Waals surface area contributed by atoms with Crippen molar-refractivity contribution in [2.45, 2.75) is 13.5 Å². The first-order valence-electron chi connectivity index (χ1n) is 7.55. The molecule has 0 unspecified atom stereocenters. The molecule has 0 spiro atoms. The van der Waals surface area contributed by atoms with Crippen LogP contribution in [0.4, 0.5) is 0 Å². The Labute approximate surface area is 142 Å². The van der Waals surface area contributed by atoms with Crippen LogP contribution in [-0.4, -0.2) is 31.1 Å². The van der Waals surface area contributed by atoms with Crippen LogP contribution in [0.25, 0.3) is 16.6 Å². The third kappa shape index (κ3) is 2.85. The highest BCUT2D eigenvalue weighted by molar-refractivity contribution is 5.88. The number of rotatable bonds is 4. The summed E-state index contributed by atoms with van der Waals surface area (Å²) in [7, 11) is 0. The summed E-state index contributed by atoms with van der Waals surface area (Å²) in [5, 5.41) is 12.6. The van der Waals surface area contributed by atoms with Gasteiger partial charge >= 0.3 is 5.97 Å². The second-order valence-corrected chi connectivity index (χ2v) is 5.42. The summed E-state index contributed by atoms with van der Waals surface area (Å²) in [4.78, 5) is 16.5. The minimum Gasteiger partial charge on any atom is -0.456 e. The molecule has 0 N–H and O–H groups in total. The average Bonchev–Trinajstić information content (AvgIpc) is 3.29. The molecule has 4 rings (SSSR count). The van der Waals surface area contributed by atoms with Crippen molar-refractivity contribution in [2.24, 2.45) is 0 Å². The number of benzene rings is 1. The van der Waals surface area contributed by atoms with Crippen molar-refractivity contribution in [3.8, 4) is 5.69 Å². The first-order chi connectivity index (χ1) is 12.2. The zero-order valence-corrected chi connectivity index (χ0v) is 13.3. The fraction of sp³-hybridized carbons (Fsp3) is 0.118. The highest BCUT2D eigenvalue weighted by Crippen LogP contribution is 2.18. The van der Waals surface area contributed by atoms with Crippen LogP contribution in [0.3, 0.4) is 0 Å². The molecule has 0 atom stereocenters. The highest BCUT2D eigenvalue weighted by Gasteiger charge is 2.19. The molecule has 0 aliphatic heterocycles. The first-order valence-corrected chi connectivity index (χ1v) is 7.55. The summed E-state index contributed by atoms with van der Waals surface area (Å²) >= 11 is 0. The fourth-order valence-electron chi connectivity index (χ4n) is 2.47. The van der Waals surface area contributed by atoms with E-state index >= 15 is 0 Å². The van der Waals surface area contributed by atoms with Gasteiger partial charge in [0.1, 0.15) is 12.9 Å². The lowest BCUT2D eigenvalue weighted by Crippen LogP contribution is -2.08. The monoisotopic (exact) mass is 335 g/mol. The highest BCUT2D eigenvalue weighted by atomic mass is 16.5. The molecule has 124 valence electrons. The predicted molar refractivity (Wildman–Crippen MR) is 87.0 cm³/mol. The summed E-state index contributed by atoms with van der Waals surface area (Å²) in [5.41, 5.74) is 3.11. The van der Waals surface area contributed by atoms with Gasteiger partial charge in [0.25, 0.3) is 0 Å². The van der Waals surface area contributed by atoms with Crippen molar-refractivity contribution in [1.82, 2.24) is 25.1 Å². The van der Waals surface area contributed by atoms with Crippen molar-refractivity contribution in [3.05, 3.63) is 65.9 Å². The second-order valence-electron chi connectivity index (χ2n) is 5.42. The molecule has 4 aromatic rings. The van der Waals surface area contributed by atoms with Crippen LogP contribution in [0.2, 0.25) is 0 Å². The lowest BCUT2D eigenvalue weighted by molar-refractivity contribution is 0.0464. The van der Waals surface area contributed by atoms with Gasteiger partial charge in [0.05, 0.1) is 23.1 Å². The Morgan fingerprint density at radius 2 is 2.24 bits per heavy atom. The summed E-state index contributed by atoms with van der Waals surface area (Å²) in [5.74, 6) is -0.549. The van der Waals surface area contributed by atoms with E-state index in [2.05, 4.69) is 20.5 Å². The third-order valence-electron chi connectivity index (χ3n) is 3.77. The number of carbonyl (C=O) groups is 1. The van der Waals surface area contributed by atoms with Crippen LogP contribution in [0.5, 0.6) is 0 Å². The number of fused-ring (bicyclic) bond motifs is 1. The van der Waals surface area contributed by atoms with E-state index in [1.54, 1.807) is 17.8 Å². The number of esters is 1. The molecule has 0 amide bonds. The number of aromatic nitrogens is 5. The molecule has 3 heterocycles. The molecule has 0 saturated heterocycles. The van der Waals surface area contributed by atoms with Gasteiger partial charge < -0.3 is 9.26 Å². The van der Waals surface area contributed by atoms with E-state index in [4.69, 9.17) is 9.26 Å². The second kappa shape index (κ2) is 6.16. The lowest BCUT2D eigenvalue weighted by atomic mass is 10.2. The van der Waals surface area contributed by atoms with Crippen molar-refractivity contribution < 1.29 is 14.1 Å². The van der Waals surface area contributed by atoms with Crippen LogP contribution < -0.4 is 0 Å². The van der Waals surface area contributed by atoms with E-state index in [-0.39, 0.29) is 12.3 Å². The Hall–Kier alpha value is -3.55. The molecule has 0 radical (unpaired) electrons. The van der Waals surface area contributed by atoms with Gasteiger partial charge in [0, 0.05) is 17.1 Å². The van der Waals surface area contributed by atoms with Crippen LogP contribution >= 0.6 is 0 Å². The molecule has 0 bridgehead atoms. The quantitative estimate of drug-likeness (QED) is 0.529. The minimum absolute atomic E-state index is 0.0658. The molecule has 0 aliphatic carbocycles. The zero-order chi connectivity index (χ0) is 17.2. The average molecular weight is 335 g/mol. The van der Waals surface area contributed by atoms with E-state index in [1.807, 2.05) is 30.3 Å². The van der Waals surface area contributed by atoms with Gasteiger partial charge in [-0.05, 0) is 31.2 Å². The molecule has 0 aliphatic rings. The number of hydrogen-bond donors (Lipinski definition) is 0. The normalized spacial score (nSPS) is 10.9. The lowest BCUT2D eigenvalue weighted by Gasteiger charge is -2.05. The number of pyridine rings is 1. The van der Waals surface area contributed by atoms with Gasteiger partial charge in [0.2, 0.25) is 0 Å². The Kier molecular flexibility index (Phi) is 3.70. The van der Waals surface area contributed by atoms with Crippen molar-refractivity contribution in [1.29, 1.82) is 0 Å². The Bertz CT molecular complexity index is 1040. The molecule has 8 heteroatoms. The van der Waals surface area contributed by atoms with Gasteiger partial charge in [-0.15, -0.1) is 5.10 Å². The van der Waals surface area contributed by atoms with Gasteiger partial charge in [0.15, 0.2) is 5.69 Å². The zero-order valence-electron chi connectivity index (χ0n) is 13.3. The fourth-order valence-corrected chi connectivity index (χ4v) is 2.47. The van der Waals surface area contributed by atoms with Crippen molar-refractivity contribution in [2.75, 3.05) is 0 Å². The van der Waals surface area contributed by atoms with E-state index in [1.165, 1.54) is 12.5 Å². The topological polar surface area (TPSA) is 95.9 Å². The van der Waals surface area contributed by atoms with Gasteiger partial charge in [-0.2, -0.15) is 0 Å². The Balaban J connectivity index is 1.60. The molecular formula is C17H13N5O3. The third-order valence-corrected chi connectivity index (χ3v) is 3.77. The molecular weight excluding hydrogens is 322 g/mol. The molecule has 3 aromatic heterocycles. The van der Waals surface area contributed by atoms with E-state index < -0.39 is 5.97 Å². The smallest absolute Gasteiger partial charge is 0.361 e. The van der Waals surface area contributed by atoms with E-state index in [0.29, 0.717) is 11.3 Å². The largest absolute Gasteiger partial charge is 0.456 e. The van der Waals surface area contributed by atoms with Crippen molar-refractivity contribution >= 4 is 16.9 Å². The predicted octanol–water partition coefficient (Wildman–Crippen LogP) is 2.47.